The molecule has 180 valence electrons. The van der Waals surface area contributed by atoms with Gasteiger partial charge in [-0.05, 0) is 49.1 Å². The van der Waals surface area contributed by atoms with Crippen LogP contribution < -0.4 is 5.32 Å². The van der Waals surface area contributed by atoms with Crippen molar-refractivity contribution in [3.8, 4) is 0 Å². The number of carbonyl (C=O) groups is 2. The van der Waals surface area contributed by atoms with Crippen molar-refractivity contribution < 1.29 is 9.59 Å². The highest BCUT2D eigenvalue weighted by Crippen LogP contribution is 2.41. The van der Waals surface area contributed by atoms with Gasteiger partial charge in [0.25, 0.3) is 0 Å². The van der Waals surface area contributed by atoms with Crippen LogP contribution in [0, 0.1) is 17.8 Å². The van der Waals surface area contributed by atoms with E-state index in [0.29, 0.717) is 12.5 Å². The lowest BCUT2D eigenvalue weighted by Gasteiger charge is -2.40. The zero-order chi connectivity index (χ0) is 23.5. The van der Waals surface area contributed by atoms with Gasteiger partial charge >= 0.3 is 0 Å². The lowest BCUT2D eigenvalue weighted by atomic mass is 9.87. The third-order valence-electron chi connectivity index (χ3n) is 8.03. The summed E-state index contributed by atoms with van der Waals surface area (Å²) >= 11 is 0. The molecule has 5 nitrogen and oxygen atoms in total. The van der Waals surface area contributed by atoms with E-state index < -0.39 is 0 Å². The molecule has 2 aliphatic carbocycles. The minimum absolute atomic E-state index is 0.102. The quantitative estimate of drug-likeness (QED) is 0.703. The molecule has 2 saturated carbocycles. The van der Waals surface area contributed by atoms with Crippen LogP contribution in [-0.4, -0.2) is 53.8 Å². The normalized spacial score (nSPS) is 27.4. The van der Waals surface area contributed by atoms with E-state index in [-0.39, 0.29) is 29.7 Å². The molecule has 34 heavy (non-hydrogen) atoms. The molecular formula is C29H37N3O2. The molecule has 0 spiro atoms. The van der Waals surface area contributed by atoms with E-state index in [9.17, 15) is 9.59 Å². The second-order valence-electron chi connectivity index (χ2n) is 10.5. The van der Waals surface area contributed by atoms with Gasteiger partial charge in [-0.25, -0.2) is 0 Å². The first-order valence-corrected chi connectivity index (χ1v) is 13.0. The van der Waals surface area contributed by atoms with Crippen LogP contribution in [0.25, 0.3) is 0 Å². The number of piperazine rings is 1. The molecule has 1 saturated heterocycles. The number of nitrogens with zero attached hydrogens (tertiary/aromatic N) is 2. The second-order valence-corrected chi connectivity index (χ2v) is 10.5. The minimum atomic E-state index is -0.119. The zero-order valence-corrected chi connectivity index (χ0v) is 20.2. The van der Waals surface area contributed by atoms with Gasteiger partial charge in [-0.15, -0.1) is 0 Å². The van der Waals surface area contributed by atoms with E-state index >= 15 is 0 Å². The van der Waals surface area contributed by atoms with Crippen molar-refractivity contribution in [2.45, 2.75) is 51.1 Å². The molecule has 2 aromatic carbocycles. The fourth-order valence-corrected chi connectivity index (χ4v) is 5.79. The van der Waals surface area contributed by atoms with Crippen LogP contribution in [0.3, 0.4) is 0 Å². The molecule has 3 aliphatic rings. The van der Waals surface area contributed by atoms with Crippen LogP contribution in [-0.2, 0) is 9.59 Å². The van der Waals surface area contributed by atoms with Gasteiger partial charge in [0, 0.05) is 32.2 Å². The third-order valence-corrected chi connectivity index (χ3v) is 8.03. The maximum atomic E-state index is 13.2. The summed E-state index contributed by atoms with van der Waals surface area (Å²) in [6, 6.07) is 21.7. The lowest BCUT2D eigenvalue weighted by Crippen LogP contribution is -2.50. The molecule has 0 radical (unpaired) electrons. The number of hydrogen-bond acceptors (Lipinski definition) is 3. The van der Waals surface area contributed by atoms with Gasteiger partial charge in [0.05, 0.1) is 17.9 Å². The molecule has 1 N–H and O–H groups in total. The largest absolute Gasteiger partial charge is 0.353 e. The van der Waals surface area contributed by atoms with Crippen molar-refractivity contribution in [2.75, 3.05) is 26.2 Å². The molecule has 0 aromatic heterocycles. The van der Waals surface area contributed by atoms with Crippen LogP contribution in [0.5, 0.6) is 0 Å². The summed E-state index contributed by atoms with van der Waals surface area (Å²) in [7, 11) is 0. The molecule has 1 aliphatic heterocycles. The predicted molar refractivity (Wildman–Crippen MR) is 134 cm³/mol. The van der Waals surface area contributed by atoms with Gasteiger partial charge in [-0.3, -0.25) is 14.5 Å². The first kappa shape index (κ1) is 23.1. The zero-order valence-electron chi connectivity index (χ0n) is 20.2. The maximum Gasteiger partial charge on any atom is 0.226 e. The van der Waals surface area contributed by atoms with Gasteiger partial charge in [0.2, 0.25) is 11.8 Å². The van der Waals surface area contributed by atoms with Crippen LogP contribution >= 0.6 is 0 Å². The fourth-order valence-electron chi connectivity index (χ4n) is 5.79. The van der Waals surface area contributed by atoms with E-state index in [4.69, 9.17) is 0 Å². The Morgan fingerprint density at radius 3 is 1.91 bits per heavy atom. The van der Waals surface area contributed by atoms with E-state index in [1.165, 1.54) is 24.0 Å². The van der Waals surface area contributed by atoms with Gasteiger partial charge in [-0.1, -0.05) is 67.6 Å². The Morgan fingerprint density at radius 2 is 1.35 bits per heavy atom. The molecule has 2 atom stereocenters. The predicted octanol–water partition coefficient (Wildman–Crippen LogP) is 4.25. The monoisotopic (exact) mass is 459 g/mol. The Labute approximate surface area is 203 Å². The number of nitrogens with one attached hydrogen (secondary N) is 1. The molecular weight excluding hydrogens is 422 g/mol. The van der Waals surface area contributed by atoms with Crippen LogP contribution in [0.2, 0.25) is 0 Å². The standard InChI is InChI=1S/C29H37N3O2/c1-21-12-14-24(15-13-21)30-28(33)25-20-26(25)29(34)32-18-16-31(17-19-32)27(22-8-4-2-5-9-22)23-10-6-3-7-11-23/h2-11,21,24-27H,12-20H2,1H3,(H,30,33). The van der Waals surface area contributed by atoms with Crippen LogP contribution in [0.4, 0.5) is 0 Å². The second kappa shape index (κ2) is 10.3. The molecule has 5 rings (SSSR count). The van der Waals surface area contributed by atoms with Gasteiger partial charge in [0.15, 0.2) is 0 Å². The van der Waals surface area contributed by atoms with Crippen molar-refractivity contribution in [3.05, 3.63) is 71.8 Å². The number of amides is 2. The SMILES string of the molecule is CC1CCC(NC(=O)C2CC2C(=O)N2CCN(C(c3ccccc3)c3ccccc3)CC2)CC1. The Bertz CT molecular complexity index is 924. The molecule has 1 heterocycles. The molecule has 2 amide bonds. The first-order chi connectivity index (χ1) is 16.6. The highest BCUT2D eigenvalue weighted by atomic mass is 16.2. The maximum absolute atomic E-state index is 13.2. The van der Waals surface area contributed by atoms with Gasteiger partial charge in [-0.2, -0.15) is 0 Å². The Balaban J connectivity index is 1.16. The molecule has 2 aromatic rings. The Hall–Kier alpha value is -2.66. The van der Waals surface area contributed by atoms with Gasteiger partial charge in [0.1, 0.15) is 0 Å². The number of rotatable bonds is 6. The van der Waals surface area contributed by atoms with Crippen molar-refractivity contribution in [3.63, 3.8) is 0 Å². The number of benzene rings is 2. The summed E-state index contributed by atoms with van der Waals surface area (Å²) < 4.78 is 0. The summed E-state index contributed by atoms with van der Waals surface area (Å²) in [5, 5.41) is 3.23. The van der Waals surface area contributed by atoms with Crippen LogP contribution in [0.1, 0.15) is 56.2 Å². The summed E-state index contributed by atoms with van der Waals surface area (Å²) in [6.45, 7) is 5.41. The van der Waals surface area contributed by atoms with Crippen molar-refractivity contribution >= 4 is 11.8 Å². The fraction of sp³-hybridized carbons (Fsp3) is 0.517. The average Bonchev–Trinajstić information content (AvgIpc) is 3.68. The van der Waals surface area contributed by atoms with Crippen molar-refractivity contribution in [1.82, 2.24) is 15.1 Å². The molecule has 5 heteroatoms. The van der Waals surface area contributed by atoms with Crippen molar-refractivity contribution in [1.29, 1.82) is 0 Å². The number of hydrogen-bond donors (Lipinski definition) is 1. The Kier molecular flexibility index (Phi) is 7.00. The van der Waals surface area contributed by atoms with E-state index in [0.717, 1.165) is 44.9 Å². The number of carbonyl (C=O) groups excluding carboxylic acids is 2. The summed E-state index contributed by atoms with van der Waals surface area (Å²) in [5.41, 5.74) is 2.56. The smallest absolute Gasteiger partial charge is 0.226 e. The summed E-state index contributed by atoms with van der Waals surface area (Å²) in [4.78, 5) is 30.3. The highest BCUT2D eigenvalue weighted by molar-refractivity contribution is 5.92. The Morgan fingerprint density at radius 1 is 0.794 bits per heavy atom. The third kappa shape index (κ3) is 5.20. The molecule has 3 fully saturated rings. The lowest BCUT2D eigenvalue weighted by molar-refractivity contribution is -0.136. The highest BCUT2D eigenvalue weighted by Gasteiger charge is 2.50. The van der Waals surface area contributed by atoms with E-state index in [1.807, 2.05) is 4.90 Å². The van der Waals surface area contributed by atoms with Gasteiger partial charge < -0.3 is 10.2 Å². The van der Waals surface area contributed by atoms with E-state index in [2.05, 4.69) is 77.8 Å². The molecule has 0 bridgehead atoms. The van der Waals surface area contributed by atoms with Crippen LogP contribution in [0.15, 0.2) is 60.7 Å². The molecule has 2 unspecified atom stereocenters. The minimum Gasteiger partial charge on any atom is -0.353 e. The summed E-state index contributed by atoms with van der Waals surface area (Å²) in [6.07, 6.45) is 5.24. The first-order valence-electron chi connectivity index (χ1n) is 13.0. The summed E-state index contributed by atoms with van der Waals surface area (Å²) in [5.74, 6) is 0.808. The topological polar surface area (TPSA) is 52.7 Å². The van der Waals surface area contributed by atoms with Crippen molar-refractivity contribution in [2.24, 2.45) is 17.8 Å². The average molecular weight is 460 g/mol. The van der Waals surface area contributed by atoms with E-state index in [1.54, 1.807) is 0 Å².